The molecule has 128 valence electrons. The van der Waals surface area contributed by atoms with E-state index >= 15 is 0 Å². The highest BCUT2D eigenvalue weighted by atomic mass is 16.5. The molecule has 0 fully saturated rings. The van der Waals surface area contributed by atoms with Crippen molar-refractivity contribution in [1.82, 2.24) is 0 Å². The van der Waals surface area contributed by atoms with Crippen molar-refractivity contribution in [3.05, 3.63) is 59.2 Å². The van der Waals surface area contributed by atoms with Crippen LogP contribution in [0.4, 0.5) is 0 Å². The minimum Gasteiger partial charge on any atom is -0.492 e. The zero-order chi connectivity index (χ0) is 17.7. The third-order valence-electron chi connectivity index (χ3n) is 3.86. The van der Waals surface area contributed by atoms with Crippen molar-refractivity contribution in [3.8, 4) is 11.5 Å². The molecule has 1 heterocycles. The number of carbonyl (C=O) groups excluding carboxylic acids is 1. The highest BCUT2D eigenvalue weighted by molar-refractivity contribution is 5.69. The van der Waals surface area contributed by atoms with Crippen LogP contribution < -0.4 is 9.47 Å². The predicted octanol–water partition coefficient (Wildman–Crippen LogP) is 2.74. The van der Waals surface area contributed by atoms with Crippen molar-refractivity contribution < 1.29 is 24.5 Å². The van der Waals surface area contributed by atoms with Gasteiger partial charge in [0, 0.05) is 25.5 Å². The summed E-state index contributed by atoms with van der Waals surface area (Å²) in [7, 11) is 1.00. The number of carbonyl (C=O) groups is 1. The number of benzene rings is 2. The van der Waals surface area contributed by atoms with Crippen LogP contribution in [-0.4, -0.2) is 29.9 Å². The van der Waals surface area contributed by atoms with Crippen LogP contribution in [0, 0.1) is 6.92 Å². The van der Waals surface area contributed by atoms with Crippen molar-refractivity contribution in [2.24, 2.45) is 0 Å². The van der Waals surface area contributed by atoms with Crippen molar-refractivity contribution >= 4 is 5.97 Å². The van der Waals surface area contributed by atoms with E-state index in [0.717, 1.165) is 29.5 Å². The van der Waals surface area contributed by atoms with Crippen LogP contribution in [0.15, 0.2) is 42.5 Å². The number of hydrogen-bond donors (Lipinski definition) is 2. The highest BCUT2D eigenvalue weighted by Gasteiger charge is 2.30. The fourth-order valence-electron chi connectivity index (χ4n) is 2.73. The molecule has 2 aromatic rings. The summed E-state index contributed by atoms with van der Waals surface area (Å²) in [6, 6.07) is 13.0. The van der Waals surface area contributed by atoms with Gasteiger partial charge in [-0.05, 0) is 36.2 Å². The fourth-order valence-corrected chi connectivity index (χ4v) is 2.73. The number of ether oxygens (including phenoxy) is 2. The third kappa shape index (κ3) is 3.93. The molecule has 0 spiro atoms. The lowest BCUT2D eigenvalue weighted by atomic mass is 9.87. The Morgan fingerprint density at radius 2 is 1.83 bits per heavy atom. The normalized spacial score (nSPS) is 18.5. The second-order valence-corrected chi connectivity index (χ2v) is 5.57. The molecule has 0 aliphatic carbocycles. The van der Waals surface area contributed by atoms with Gasteiger partial charge in [0.05, 0.1) is 12.7 Å². The Morgan fingerprint density at radius 1 is 1.17 bits per heavy atom. The van der Waals surface area contributed by atoms with Gasteiger partial charge in [0.15, 0.2) is 0 Å². The summed E-state index contributed by atoms with van der Waals surface area (Å²) in [6.07, 6.45) is -0.607. The molecule has 0 bridgehead atoms. The molecule has 5 heteroatoms. The van der Waals surface area contributed by atoms with Crippen molar-refractivity contribution in [2.75, 3.05) is 13.7 Å². The predicted molar refractivity (Wildman–Crippen MR) is 90.3 cm³/mol. The smallest absolute Gasteiger partial charge is 0.308 e. The Balaban J connectivity index is 0.00000100. The topological polar surface area (TPSA) is 76.0 Å². The van der Waals surface area contributed by atoms with Crippen LogP contribution in [0.2, 0.25) is 0 Å². The van der Waals surface area contributed by atoms with Crippen molar-refractivity contribution in [1.29, 1.82) is 0 Å². The second kappa shape index (κ2) is 7.95. The molecule has 2 aromatic carbocycles. The van der Waals surface area contributed by atoms with Gasteiger partial charge in [0.2, 0.25) is 0 Å². The quantitative estimate of drug-likeness (QED) is 0.654. The van der Waals surface area contributed by atoms with Gasteiger partial charge in [0.1, 0.15) is 11.5 Å². The maximum absolute atomic E-state index is 10.9. The summed E-state index contributed by atoms with van der Waals surface area (Å²) in [5.74, 6) is 0.762. The van der Waals surface area contributed by atoms with E-state index < -0.39 is 6.10 Å². The van der Waals surface area contributed by atoms with Crippen LogP contribution in [0.25, 0.3) is 0 Å². The largest absolute Gasteiger partial charge is 0.492 e. The van der Waals surface area contributed by atoms with E-state index in [0.29, 0.717) is 12.4 Å². The molecule has 3 rings (SSSR count). The maximum Gasteiger partial charge on any atom is 0.308 e. The lowest BCUT2D eigenvalue weighted by molar-refractivity contribution is -0.131. The summed E-state index contributed by atoms with van der Waals surface area (Å²) in [5.41, 5.74) is 2.87. The number of hydrogen-bond acceptors (Lipinski definition) is 5. The van der Waals surface area contributed by atoms with Crippen LogP contribution in [0.3, 0.4) is 0 Å². The Kier molecular flexibility index (Phi) is 5.95. The molecule has 0 saturated heterocycles. The van der Waals surface area contributed by atoms with Gasteiger partial charge in [-0.15, -0.1) is 0 Å². The molecule has 0 radical (unpaired) electrons. The van der Waals surface area contributed by atoms with Gasteiger partial charge in [-0.25, -0.2) is 0 Å². The molecule has 1 aliphatic heterocycles. The van der Waals surface area contributed by atoms with Gasteiger partial charge in [-0.3, -0.25) is 4.79 Å². The number of aliphatic hydroxyl groups is 2. The number of rotatable bonds is 2. The molecular weight excluding hydrogens is 308 g/mol. The number of aryl methyl sites for hydroxylation is 1. The van der Waals surface area contributed by atoms with Gasteiger partial charge >= 0.3 is 5.97 Å². The molecule has 24 heavy (non-hydrogen) atoms. The zero-order valence-corrected chi connectivity index (χ0v) is 14.0. The van der Waals surface area contributed by atoms with Crippen LogP contribution in [0.5, 0.6) is 11.5 Å². The Morgan fingerprint density at radius 3 is 2.46 bits per heavy atom. The second-order valence-electron chi connectivity index (χ2n) is 5.57. The number of aliphatic hydroxyl groups excluding tert-OH is 2. The Hall–Kier alpha value is -2.37. The van der Waals surface area contributed by atoms with Crippen LogP contribution >= 0.6 is 0 Å². The van der Waals surface area contributed by atoms with E-state index in [1.165, 1.54) is 6.92 Å². The molecule has 1 aliphatic rings. The van der Waals surface area contributed by atoms with Gasteiger partial charge < -0.3 is 19.7 Å². The highest BCUT2D eigenvalue weighted by Crippen LogP contribution is 2.41. The van der Waals surface area contributed by atoms with Gasteiger partial charge in [-0.1, -0.05) is 24.3 Å². The summed E-state index contributed by atoms with van der Waals surface area (Å²) < 4.78 is 10.8. The lowest BCUT2D eigenvalue weighted by Gasteiger charge is -2.31. The molecule has 0 amide bonds. The maximum atomic E-state index is 10.9. The van der Waals surface area contributed by atoms with E-state index in [1.807, 2.05) is 37.3 Å². The van der Waals surface area contributed by atoms with E-state index in [9.17, 15) is 9.90 Å². The molecular formula is C19H22O5. The number of esters is 1. The average Bonchev–Trinajstić information content (AvgIpc) is 2.57. The fraction of sp³-hybridized carbons (Fsp3) is 0.316. The van der Waals surface area contributed by atoms with Crippen molar-refractivity contribution in [2.45, 2.75) is 25.9 Å². The van der Waals surface area contributed by atoms with Gasteiger partial charge in [0.25, 0.3) is 0 Å². The Bertz CT molecular complexity index is 693. The van der Waals surface area contributed by atoms with Gasteiger partial charge in [-0.2, -0.15) is 0 Å². The molecule has 5 nitrogen and oxygen atoms in total. The van der Waals surface area contributed by atoms with Crippen molar-refractivity contribution in [3.63, 3.8) is 0 Å². The monoisotopic (exact) mass is 330 g/mol. The summed E-state index contributed by atoms with van der Waals surface area (Å²) in [6.45, 7) is 3.78. The third-order valence-corrected chi connectivity index (χ3v) is 3.86. The average molecular weight is 330 g/mol. The first kappa shape index (κ1) is 18.0. The molecule has 0 aromatic heterocycles. The first-order valence-electron chi connectivity index (χ1n) is 7.69. The van der Waals surface area contributed by atoms with Crippen LogP contribution in [-0.2, 0) is 4.79 Å². The minimum absolute atomic E-state index is 0.137. The Labute approximate surface area is 141 Å². The first-order chi connectivity index (χ1) is 11.5. The standard InChI is InChI=1S/C18H18O4.CH4O/c1-11-3-8-15-17(9-11)21-10-16(18(15)20)13-4-6-14(7-5-13)22-12(2)19;1-2/h3-9,16,18,20H,10H2,1-2H3;2H,1H3/t16-,18-;/m0./s1. The lowest BCUT2D eigenvalue weighted by Crippen LogP contribution is -2.24. The van der Waals surface area contributed by atoms with E-state index in [2.05, 4.69) is 0 Å². The molecule has 0 saturated carbocycles. The summed E-state index contributed by atoms with van der Waals surface area (Å²) in [4.78, 5) is 10.9. The SMILES string of the molecule is CC(=O)Oc1ccc([C@@H]2COc3cc(C)ccc3[C@@H]2O)cc1.CO. The first-order valence-corrected chi connectivity index (χ1v) is 7.69. The van der Waals surface area contributed by atoms with E-state index in [-0.39, 0.29) is 11.9 Å². The zero-order valence-electron chi connectivity index (χ0n) is 14.0. The van der Waals surface area contributed by atoms with E-state index in [4.69, 9.17) is 14.6 Å². The number of fused-ring (bicyclic) bond motifs is 1. The summed E-state index contributed by atoms with van der Waals surface area (Å²) in [5, 5.41) is 17.6. The molecule has 2 N–H and O–H groups in total. The minimum atomic E-state index is -0.607. The summed E-state index contributed by atoms with van der Waals surface area (Å²) >= 11 is 0. The molecule has 0 unspecified atom stereocenters. The molecule has 2 atom stereocenters. The van der Waals surface area contributed by atoms with E-state index in [1.54, 1.807) is 12.1 Å². The van der Waals surface area contributed by atoms with Crippen LogP contribution in [0.1, 0.15) is 35.6 Å².